The molecule has 3 nitrogen and oxygen atoms in total. The average molecular weight is 226 g/mol. The zero-order chi connectivity index (χ0) is 11.1. The zero-order valence-corrected chi connectivity index (χ0v) is 9.20. The molecule has 0 amide bonds. The lowest BCUT2D eigenvalue weighted by molar-refractivity contribution is -0.141. The highest BCUT2D eigenvalue weighted by atomic mass is 35.5. The fourth-order valence-electron chi connectivity index (χ4n) is 1.01. The maximum absolute atomic E-state index is 11.0. The van der Waals surface area contributed by atoms with Gasteiger partial charge in [0, 0.05) is 5.56 Å². The average Bonchev–Trinajstić information content (AvgIpc) is 2.27. The molecule has 0 bridgehead atoms. The Morgan fingerprint density at radius 3 is 2.67 bits per heavy atom. The van der Waals surface area contributed by atoms with E-state index in [-0.39, 0.29) is 12.5 Å². The van der Waals surface area contributed by atoms with Crippen LogP contribution >= 0.6 is 11.6 Å². The van der Waals surface area contributed by atoms with E-state index in [2.05, 4.69) is 4.99 Å². The van der Waals surface area contributed by atoms with Crippen LogP contribution in [0.1, 0.15) is 12.5 Å². The molecule has 0 aliphatic rings. The van der Waals surface area contributed by atoms with Crippen LogP contribution in [0.25, 0.3) is 0 Å². The minimum Gasteiger partial charge on any atom is -0.465 e. The molecule has 0 radical (unpaired) electrons. The number of esters is 1. The smallest absolute Gasteiger partial charge is 0.327 e. The second-order valence-electron chi connectivity index (χ2n) is 2.78. The van der Waals surface area contributed by atoms with Gasteiger partial charge < -0.3 is 4.74 Å². The molecule has 15 heavy (non-hydrogen) atoms. The van der Waals surface area contributed by atoms with Crippen molar-refractivity contribution in [2.24, 2.45) is 4.99 Å². The van der Waals surface area contributed by atoms with Crippen LogP contribution in [0.4, 0.5) is 0 Å². The van der Waals surface area contributed by atoms with Crippen LogP contribution < -0.4 is 0 Å². The first-order valence-electron chi connectivity index (χ1n) is 4.65. The minimum atomic E-state index is -0.369. The third-order valence-electron chi connectivity index (χ3n) is 1.66. The van der Waals surface area contributed by atoms with Gasteiger partial charge in [-0.25, -0.2) is 0 Å². The summed E-state index contributed by atoms with van der Waals surface area (Å²) in [6, 6.07) is 9.27. The number of halogens is 1. The van der Waals surface area contributed by atoms with E-state index in [1.54, 1.807) is 6.92 Å². The van der Waals surface area contributed by atoms with Crippen LogP contribution in [0, 0.1) is 0 Å². The standard InChI is InChI=1S/C11H12ClNO2/c1-2-15-10(14)8-13-11(12)9-6-4-3-5-7-9/h3-7H,2,8H2,1H3. The summed E-state index contributed by atoms with van der Waals surface area (Å²) in [6.45, 7) is 2.07. The lowest BCUT2D eigenvalue weighted by Gasteiger charge is -1.99. The highest BCUT2D eigenvalue weighted by Crippen LogP contribution is 2.04. The van der Waals surface area contributed by atoms with Gasteiger partial charge in [-0.05, 0) is 6.92 Å². The number of carbonyl (C=O) groups is 1. The number of hydrogen-bond acceptors (Lipinski definition) is 3. The second kappa shape index (κ2) is 6.19. The highest BCUT2D eigenvalue weighted by Gasteiger charge is 2.02. The van der Waals surface area contributed by atoms with Crippen LogP contribution in [0.5, 0.6) is 0 Å². The van der Waals surface area contributed by atoms with Crippen molar-refractivity contribution in [1.82, 2.24) is 0 Å². The lowest BCUT2D eigenvalue weighted by atomic mass is 10.2. The highest BCUT2D eigenvalue weighted by molar-refractivity contribution is 6.69. The summed E-state index contributed by atoms with van der Waals surface area (Å²) >= 11 is 5.89. The molecule has 4 heteroatoms. The van der Waals surface area contributed by atoms with Gasteiger partial charge in [0.2, 0.25) is 0 Å². The van der Waals surface area contributed by atoms with E-state index in [4.69, 9.17) is 16.3 Å². The molecule has 0 aromatic heterocycles. The van der Waals surface area contributed by atoms with Gasteiger partial charge in [0.1, 0.15) is 11.7 Å². The third-order valence-corrected chi connectivity index (χ3v) is 2.00. The van der Waals surface area contributed by atoms with Crippen molar-refractivity contribution in [3.8, 4) is 0 Å². The zero-order valence-electron chi connectivity index (χ0n) is 8.44. The van der Waals surface area contributed by atoms with E-state index in [0.717, 1.165) is 5.56 Å². The number of carbonyl (C=O) groups excluding carboxylic acids is 1. The van der Waals surface area contributed by atoms with Crippen LogP contribution in [0.15, 0.2) is 35.3 Å². The number of ether oxygens (including phenoxy) is 1. The van der Waals surface area contributed by atoms with Crippen LogP contribution in [0.2, 0.25) is 0 Å². The van der Waals surface area contributed by atoms with Crippen molar-refractivity contribution in [3.05, 3.63) is 35.9 Å². The molecule has 1 aromatic carbocycles. The summed E-state index contributed by atoms with van der Waals surface area (Å²) in [5.41, 5.74) is 0.795. The molecule has 0 aliphatic carbocycles. The first kappa shape index (κ1) is 11.7. The molecule has 0 saturated heterocycles. The second-order valence-corrected chi connectivity index (χ2v) is 3.14. The van der Waals surface area contributed by atoms with Crippen molar-refractivity contribution >= 4 is 22.7 Å². The number of hydrogen-bond donors (Lipinski definition) is 0. The molecular weight excluding hydrogens is 214 g/mol. The van der Waals surface area contributed by atoms with Gasteiger partial charge >= 0.3 is 5.97 Å². The fourth-order valence-corrected chi connectivity index (χ4v) is 1.19. The molecule has 0 unspecified atom stereocenters. The summed E-state index contributed by atoms with van der Waals surface area (Å²) in [5, 5.41) is 0.323. The Kier molecular flexibility index (Phi) is 4.84. The van der Waals surface area contributed by atoms with Gasteiger partial charge in [0.25, 0.3) is 0 Å². The molecule has 0 heterocycles. The van der Waals surface area contributed by atoms with Gasteiger partial charge in [-0.2, -0.15) is 0 Å². The predicted molar refractivity (Wildman–Crippen MR) is 60.3 cm³/mol. The summed E-state index contributed by atoms with van der Waals surface area (Å²) in [5.74, 6) is -0.369. The summed E-state index contributed by atoms with van der Waals surface area (Å²) in [4.78, 5) is 14.9. The number of nitrogens with zero attached hydrogens (tertiary/aromatic N) is 1. The van der Waals surface area contributed by atoms with E-state index in [9.17, 15) is 4.79 Å². The Bertz CT molecular complexity index is 349. The molecule has 0 atom stereocenters. The first-order valence-corrected chi connectivity index (χ1v) is 5.03. The van der Waals surface area contributed by atoms with E-state index in [0.29, 0.717) is 11.8 Å². The van der Waals surface area contributed by atoms with Crippen molar-refractivity contribution in [2.45, 2.75) is 6.92 Å². The number of benzene rings is 1. The maximum atomic E-state index is 11.0. The third kappa shape index (κ3) is 4.13. The summed E-state index contributed by atoms with van der Waals surface area (Å²) < 4.78 is 4.72. The van der Waals surface area contributed by atoms with E-state index >= 15 is 0 Å². The molecule has 0 N–H and O–H groups in total. The van der Waals surface area contributed by atoms with Gasteiger partial charge in [0.05, 0.1) is 6.61 Å². The minimum absolute atomic E-state index is 0.0401. The van der Waals surface area contributed by atoms with Crippen molar-refractivity contribution in [1.29, 1.82) is 0 Å². The number of rotatable bonds is 4. The van der Waals surface area contributed by atoms with Crippen LogP contribution in [-0.4, -0.2) is 24.3 Å². The normalized spacial score (nSPS) is 11.2. The van der Waals surface area contributed by atoms with E-state index in [1.807, 2.05) is 30.3 Å². The monoisotopic (exact) mass is 225 g/mol. The topological polar surface area (TPSA) is 38.7 Å². The summed E-state index contributed by atoms with van der Waals surface area (Å²) in [6.07, 6.45) is 0. The Balaban J connectivity index is 2.57. The fraction of sp³-hybridized carbons (Fsp3) is 0.273. The largest absolute Gasteiger partial charge is 0.465 e. The van der Waals surface area contributed by atoms with Gasteiger partial charge in [-0.15, -0.1) is 0 Å². The summed E-state index contributed by atoms with van der Waals surface area (Å²) in [7, 11) is 0. The van der Waals surface area contributed by atoms with Crippen molar-refractivity contribution in [2.75, 3.05) is 13.2 Å². The quantitative estimate of drug-likeness (QED) is 0.582. The molecule has 1 aromatic rings. The lowest BCUT2D eigenvalue weighted by Crippen LogP contribution is -2.08. The Morgan fingerprint density at radius 1 is 1.40 bits per heavy atom. The predicted octanol–water partition coefficient (Wildman–Crippen LogP) is 2.24. The Hall–Kier alpha value is -1.35. The molecule has 0 aliphatic heterocycles. The molecule has 0 spiro atoms. The van der Waals surface area contributed by atoms with Gasteiger partial charge in [0.15, 0.2) is 0 Å². The number of aliphatic imine (C=N–C) groups is 1. The van der Waals surface area contributed by atoms with Crippen molar-refractivity contribution < 1.29 is 9.53 Å². The van der Waals surface area contributed by atoms with Crippen molar-refractivity contribution in [3.63, 3.8) is 0 Å². The molecule has 0 saturated carbocycles. The maximum Gasteiger partial charge on any atom is 0.327 e. The molecule has 1 rings (SSSR count). The van der Waals surface area contributed by atoms with E-state index in [1.165, 1.54) is 0 Å². The van der Waals surface area contributed by atoms with E-state index < -0.39 is 0 Å². The molecule has 0 fully saturated rings. The SMILES string of the molecule is CCOC(=O)CN=C(Cl)c1ccccc1. The van der Waals surface area contributed by atoms with Crippen LogP contribution in [0.3, 0.4) is 0 Å². The first-order chi connectivity index (χ1) is 7.24. The Morgan fingerprint density at radius 2 is 2.07 bits per heavy atom. The Labute approximate surface area is 93.7 Å². The van der Waals surface area contributed by atoms with Crippen LogP contribution in [-0.2, 0) is 9.53 Å². The van der Waals surface area contributed by atoms with Gasteiger partial charge in [-0.1, -0.05) is 41.9 Å². The molecule has 80 valence electrons. The molecular formula is C11H12ClNO2. The van der Waals surface area contributed by atoms with Gasteiger partial charge in [-0.3, -0.25) is 9.79 Å².